The maximum Gasteiger partial charge on any atom is 0.345 e. The number of carboxylic acids is 1. The second-order valence-electron chi connectivity index (χ2n) is 3.92. The van der Waals surface area contributed by atoms with Crippen molar-refractivity contribution >= 4 is 28.2 Å². The minimum absolute atomic E-state index is 0.189. The molecule has 19 heavy (non-hydrogen) atoms. The Morgan fingerprint density at radius 2 is 2.21 bits per heavy atom. The smallest absolute Gasteiger partial charge is 0.345 e. The molecule has 0 spiro atoms. The first-order valence-corrected chi connectivity index (χ1v) is 6.50. The van der Waals surface area contributed by atoms with Crippen LogP contribution in [0.5, 0.6) is 0 Å². The molecule has 0 atom stereocenters. The molecule has 0 unspecified atom stereocenters. The van der Waals surface area contributed by atoms with Crippen molar-refractivity contribution < 1.29 is 14.7 Å². The van der Waals surface area contributed by atoms with Gasteiger partial charge in [-0.05, 0) is 24.6 Å². The number of carbonyl (C=O) groups is 2. The van der Waals surface area contributed by atoms with Gasteiger partial charge in [0, 0.05) is 7.05 Å². The first kappa shape index (κ1) is 13.3. The van der Waals surface area contributed by atoms with Crippen molar-refractivity contribution in [1.29, 1.82) is 0 Å². The molecule has 2 N–H and O–H groups in total. The normalized spacial score (nSPS) is 10.4. The zero-order chi connectivity index (χ0) is 14.0. The molecular formula is C12H13N3O3S. The Kier molecular flexibility index (Phi) is 3.66. The van der Waals surface area contributed by atoms with E-state index in [0.29, 0.717) is 10.7 Å². The number of rotatable bonds is 4. The van der Waals surface area contributed by atoms with Gasteiger partial charge in [0.1, 0.15) is 10.6 Å². The van der Waals surface area contributed by atoms with Gasteiger partial charge in [-0.1, -0.05) is 6.92 Å². The van der Waals surface area contributed by atoms with Crippen molar-refractivity contribution in [3.05, 3.63) is 34.5 Å². The molecule has 2 heterocycles. The SMILES string of the molecule is CCc1cc(C(=O)Nc2ccc(C(=O)O)s2)n(C)n1. The van der Waals surface area contributed by atoms with Gasteiger partial charge < -0.3 is 10.4 Å². The second kappa shape index (κ2) is 5.23. The first-order valence-electron chi connectivity index (χ1n) is 5.68. The quantitative estimate of drug-likeness (QED) is 0.896. The number of nitrogens with zero attached hydrogens (tertiary/aromatic N) is 2. The molecule has 0 aliphatic heterocycles. The number of nitrogens with one attached hydrogen (secondary N) is 1. The summed E-state index contributed by atoms with van der Waals surface area (Å²) in [4.78, 5) is 23.0. The number of carboxylic acid groups (broad SMARTS) is 1. The third kappa shape index (κ3) is 2.82. The molecule has 6 nitrogen and oxygen atoms in total. The monoisotopic (exact) mass is 279 g/mol. The van der Waals surface area contributed by atoms with E-state index < -0.39 is 5.97 Å². The van der Waals surface area contributed by atoms with Crippen molar-refractivity contribution in [2.75, 3.05) is 5.32 Å². The zero-order valence-corrected chi connectivity index (χ0v) is 11.3. The lowest BCUT2D eigenvalue weighted by Crippen LogP contribution is -2.15. The molecule has 0 aliphatic rings. The highest BCUT2D eigenvalue weighted by molar-refractivity contribution is 7.18. The Morgan fingerprint density at radius 1 is 1.47 bits per heavy atom. The van der Waals surface area contributed by atoms with E-state index in [0.717, 1.165) is 23.5 Å². The van der Waals surface area contributed by atoms with E-state index in [1.54, 1.807) is 19.2 Å². The van der Waals surface area contributed by atoms with Crippen molar-refractivity contribution in [3.8, 4) is 0 Å². The van der Waals surface area contributed by atoms with Crippen LogP contribution in [0.2, 0.25) is 0 Å². The molecule has 0 saturated carbocycles. The Labute approximate surface area is 113 Å². The van der Waals surface area contributed by atoms with Crippen LogP contribution in [0, 0.1) is 0 Å². The number of aromatic carboxylic acids is 1. The fraction of sp³-hybridized carbons (Fsp3) is 0.250. The summed E-state index contributed by atoms with van der Waals surface area (Å²) in [5, 5.41) is 16.2. The maximum absolute atomic E-state index is 12.0. The molecule has 0 radical (unpaired) electrons. The fourth-order valence-corrected chi connectivity index (χ4v) is 2.35. The number of amides is 1. The fourth-order valence-electron chi connectivity index (χ4n) is 1.61. The average Bonchev–Trinajstić information content (AvgIpc) is 2.95. The van der Waals surface area contributed by atoms with Crippen LogP contribution in [0.1, 0.15) is 32.8 Å². The molecule has 0 bridgehead atoms. The Balaban J connectivity index is 2.15. The number of thiophene rings is 1. The van der Waals surface area contributed by atoms with Crippen LogP contribution in [0.25, 0.3) is 0 Å². The van der Waals surface area contributed by atoms with Gasteiger partial charge in [0.05, 0.1) is 10.7 Å². The van der Waals surface area contributed by atoms with Crippen LogP contribution < -0.4 is 5.32 Å². The largest absolute Gasteiger partial charge is 0.477 e. The molecule has 0 saturated heterocycles. The predicted octanol–water partition coefficient (Wildman–Crippen LogP) is 1.99. The van der Waals surface area contributed by atoms with Crippen LogP contribution in [0.15, 0.2) is 18.2 Å². The molecule has 100 valence electrons. The molecular weight excluding hydrogens is 266 g/mol. The molecule has 2 rings (SSSR count). The summed E-state index contributed by atoms with van der Waals surface area (Å²) in [6.07, 6.45) is 0.753. The number of aromatic nitrogens is 2. The van der Waals surface area contributed by atoms with E-state index in [1.807, 2.05) is 6.92 Å². The Bertz CT molecular complexity index is 630. The summed E-state index contributed by atoms with van der Waals surface area (Å²) in [5.41, 5.74) is 1.28. The highest BCUT2D eigenvalue weighted by atomic mass is 32.1. The molecule has 1 amide bonds. The lowest BCUT2D eigenvalue weighted by Gasteiger charge is -2.01. The average molecular weight is 279 g/mol. The van der Waals surface area contributed by atoms with Crippen molar-refractivity contribution in [3.63, 3.8) is 0 Å². The summed E-state index contributed by atoms with van der Waals surface area (Å²) < 4.78 is 1.51. The van der Waals surface area contributed by atoms with Gasteiger partial charge in [-0.2, -0.15) is 5.10 Å². The molecule has 7 heteroatoms. The van der Waals surface area contributed by atoms with Crippen LogP contribution in [-0.2, 0) is 13.5 Å². The first-order chi connectivity index (χ1) is 9.01. The number of aryl methyl sites for hydroxylation is 2. The molecule has 2 aromatic heterocycles. The third-order valence-electron chi connectivity index (χ3n) is 2.58. The van der Waals surface area contributed by atoms with E-state index in [1.165, 1.54) is 10.7 Å². The summed E-state index contributed by atoms with van der Waals surface area (Å²) in [6, 6.07) is 4.76. The second-order valence-corrected chi connectivity index (χ2v) is 5.01. The Hall–Kier alpha value is -2.15. The number of anilines is 1. The zero-order valence-electron chi connectivity index (χ0n) is 10.5. The van der Waals surface area contributed by atoms with Gasteiger partial charge in [0.25, 0.3) is 5.91 Å². The van der Waals surface area contributed by atoms with Gasteiger partial charge in [-0.3, -0.25) is 9.48 Å². The van der Waals surface area contributed by atoms with Crippen LogP contribution in [-0.4, -0.2) is 26.8 Å². The van der Waals surface area contributed by atoms with Gasteiger partial charge >= 0.3 is 5.97 Å². The standard InChI is InChI=1S/C12H13N3O3S/c1-3-7-6-8(15(2)14-7)11(16)13-10-5-4-9(19-10)12(17)18/h4-6H,3H2,1-2H3,(H,13,16)(H,17,18). The highest BCUT2D eigenvalue weighted by Gasteiger charge is 2.14. The number of carbonyl (C=O) groups excluding carboxylic acids is 1. The maximum atomic E-state index is 12.0. The van der Waals surface area contributed by atoms with Crippen molar-refractivity contribution in [2.24, 2.45) is 7.05 Å². The molecule has 0 aliphatic carbocycles. The summed E-state index contributed by atoms with van der Waals surface area (Å²) in [7, 11) is 1.70. The van der Waals surface area contributed by atoms with Crippen LogP contribution in [0.4, 0.5) is 5.00 Å². The summed E-state index contributed by atoms with van der Waals surface area (Å²) in [6.45, 7) is 1.96. The van der Waals surface area contributed by atoms with Gasteiger partial charge in [0.15, 0.2) is 0 Å². The molecule has 2 aromatic rings. The van der Waals surface area contributed by atoms with Crippen LogP contribution >= 0.6 is 11.3 Å². The third-order valence-corrected chi connectivity index (χ3v) is 3.57. The molecule has 0 aromatic carbocycles. The molecule has 0 fully saturated rings. The van der Waals surface area contributed by atoms with Crippen LogP contribution in [0.3, 0.4) is 0 Å². The topological polar surface area (TPSA) is 84.2 Å². The van der Waals surface area contributed by atoms with E-state index >= 15 is 0 Å². The van der Waals surface area contributed by atoms with E-state index in [-0.39, 0.29) is 10.8 Å². The minimum Gasteiger partial charge on any atom is -0.477 e. The van der Waals surface area contributed by atoms with Gasteiger partial charge in [0.2, 0.25) is 0 Å². The van der Waals surface area contributed by atoms with Gasteiger partial charge in [-0.15, -0.1) is 11.3 Å². The predicted molar refractivity (Wildman–Crippen MR) is 71.8 cm³/mol. The Morgan fingerprint density at radius 3 is 2.74 bits per heavy atom. The summed E-state index contributed by atoms with van der Waals surface area (Å²) >= 11 is 1.02. The van der Waals surface area contributed by atoms with Crippen molar-refractivity contribution in [1.82, 2.24) is 9.78 Å². The lowest BCUT2D eigenvalue weighted by molar-refractivity contribution is 0.0702. The lowest BCUT2D eigenvalue weighted by atomic mass is 10.3. The van der Waals surface area contributed by atoms with E-state index in [4.69, 9.17) is 5.11 Å². The highest BCUT2D eigenvalue weighted by Crippen LogP contribution is 2.22. The number of hydrogen-bond acceptors (Lipinski definition) is 4. The van der Waals surface area contributed by atoms with E-state index in [2.05, 4.69) is 10.4 Å². The number of hydrogen-bond donors (Lipinski definition) is 2. The minimum atomic E-state index is -1.00. The van der Waals surface area contributed by atoms with E-state index in [9.17, 15) is 9.59 Å². The summed E-state index contributed by atoms with van der Waals surface area (Å²) in [5.74, 6) is -1.30. The van der Waals surface area contributed by atoms with Gasteiger partial charge in [-0.25, -0.2) is 4.79 Å². The van der Waals surface area contributed by atoms with Crippen molar-refractivity contribution in [2.45, 2.75) is 13.3 Å².